The molecule has 1 aromatic heterocycles. The molecular formula is C18H22N4O2. The Hall–Kier alpha value is -2.37. The summed E-state index contributed by atoms with van der Waals surface area (Å²) in [5.41, 5.74) is 1.93. The van der Waals surface area contributed by atoms with Gasteiger partial charge in [0.2, 0.25) is 5.56 Å². The minimum atomic E-state index is -0.0750. The molecule has 0 saturated carbocycles. The largest absolute Gasteiger partial charge is 0.356 e. The van der Waals surface area contributed by atoms with Crippen molar-refractivity contribution in [2.45, 2.75) is 32.1 Å². The fraction of sp³-hybridized carbons (Fsp3) is 0.500. The van der Waals surface area contributed by atoms with Crippen LogP contribution >= 0.6 is 0 Å². The molecule has 0 bridgehead atoms. The number of carbonyl (C=O) groups excluding carboxylic acids is 1. The second-order valence-electron chi connectivity index (χ2n) is 6.63. The number of nitrogens with zero attached hydrogens (tertiary/aromatic N) is 3. The van der Waals surface area contributed by atoms with Crippen LogP contribution in [-0.4, -0.2) is 47.7 Å². The van der Waals surface area contributed by atoms with Crippen LogP contribution in [0, 0.1) is 0 Å². The highest BCUT2D eigenvalue weighted by Gasteiger charge is 2.29. The third-order valence-corrected chi connectivity index (χ3v) is 5.10. The highest BCUT2D eigenvalue weighted by Crippen LogP contribution is 2.31. The molecule has 3 heterocycles. The average Bonchev–Trinajstić information content (AvgIpc) is 2.62. The second-order valence-corrected chi connectivity index (χ2v) is 6.63. The Morgan fingerprint density at radius 1 is 0.958 bits per heavy atom. The predicted molar refractivity (Wildman–Crippen MR) is 93.4 cm³/mol. The first-order valence-corrected chi connectivity index (χ1v) is 8.73. The number of amidine groups is 1. The van der Waals surface area contributed by atoms with Gasteiger partial charge in [0.05, 0.1) is 6.42 Å². The van der Waals surface area contributed by atoms with Gasteiger partial charge in [0.15, 0.2) is 5.78 Å². The molecule has 0 aromatic carbocycles. The number of Topliss-reactive ketones (excluding diaryl/α,β-unsaturated/α-hetero) is 1. The van der Waals surface area contributed by atoms with Gasteiger partial charge in [0, 0.05) is 43.5 Å². The fourth-order valence-corrected chi connectivity index (χ4v) is 3.77. The summed E-state index contributed by atoms with van der Waals surface area (Å²) in [6, 6.07) is 5.23. The van der Waals surface area contributed by atoms with Crippen molar-refractivity contribution in [3.63, 3.8) is 0 Å². The van der Waals surface area contributed by atoms with Gasteiger partial charge in [-0.2, -0.15) is 0 Å². The van der Waals surface area contributed by atoms with Crippen LogP contribution in [0.4, 0.5) is 5.82 Å². The van der Waals surface area contributed by atoms with Gasteiger partial charge in [-0.1, -0.05) is 6.07 Å². The molecule has 24 heavy (non-hydrogen) atoms. The van der Waals surface area contributed by atoms with E-state index < -0.39 is 0 Å². The highest BCUT2D eigenvalue weighted by atomic mass is 16.1. The Kier molecular flexibility index (Phi) is 3.96. The molecular weight excluding hydrogens is 304 g/mol. The van der Waals surface area contributed by atoms with Crippen molar-refractivity contribution in [3.8, 4) is 0 Å². The Labute approximate surface area is 140 Å². The number of nitrogens with one attached hydrogen (secondary N) is 1. The number of allylic oxidation sites excluding steroid dienone is 2. The van der Waals surface area contributed by atoms with E-state index in [1.54, 1.807) is 6.07 Å². The summed E-state index contributed by atoms with van der Waals surface area (Å²) in [7, 11) is 0. The van der Waals surface area contributed by atoms with Crippen molar-refractivity contribution in [2.24, 2.45) is 4.99 Å². The summed E-state index contributed by atoms with van der Waals surface area (Å²) < 4.78 is 0. The van der Waals surface area contributed by atoms with E-state index in [0.717, 1.165) is 74.8 Å². The molecule has 1 N–H and O–H groups in total. The van der Waals surface area contributed by atoms with Crippen LogP contribution in [0.15, 0.2) is 39.3 Å². The highest BCUT2D eigenvalue weighted by molar-refractivity contribution is 6.11. The van der Waals surface area contributed by atoms with E-state index in [4.69, 9.17) is 4.99 Å². The molecule has 0 unspecified atom stereocenters. The number of hydrogen-bond donors (Lipinski definition) is 1. The summed E-state index contributed by atoms with van der Waals surface area (Å²) in [5.74, 6) is 2.06. The van der Waals surface area contributed by atoms with Crippen LogP contribution in [0.1, 0.15) is 32.1 Å². The van der Waals surface area contributed by atoms with Gasteiger partial charge in [-0.15, -0.1) is 0 Å². The van der Waals surface area contributed by atoms with Gasteiger partial charge in [-0.25, -0.2) is 4.99 Å². The number of aliphatic imine (C=N–C) groups is 1. The first-order valence-electron chi connectivity index (χ1n) is 8.73. The molecule has 1 aromatic rings. The quantitative estimate of drug-likeness (QED) is 0.853. The summed E-state index contributed by atoms with van der Waals surface area (Å²) in [4.78, 5) is 35.9. The van der Waals surface area contributed by atoms with Crippen LogP contribution in [0.25, 0.3) is 0 Å². The lowest BCUT2D eigenvalue weighted by Gasteiger charge is -2.38. The molecule has 1 aliphatic carbocycles. The van der Waals surface area contributed by atoms with E-state index in [1.165, 1.54) is 6.07 Å². The van der Waals surface area contributed by atoms with Gasteiger partial charge >= 0.3 is 0 Å². The lowest BCUT2D eigenvalue weighted by molar-refractivity contribution is -0.115. The summed E-state index contributed by atoms with van der Waals surface area (Å²) >= 11 is 0. The first kappa shape index (κ1) is 15.2. The van der Waals surface area contributed by atoms with Crippen molar-refractivity contribution >= 4 is 17.4 Å². The molecule has 126 valence electrons. The number of H-pyrrole nitrogens is 1. The molecule has 1 fully saturated rings. The average molecular weight is 326 g/mol. The zero-order valence-corrected chi connectivity index (χ0v) is 13.8. The zero-order valence-electron chi connectivity index (χ0n) is 13.8. The van der Waals surface area contributed by atoms with E-state index in [9.17, 15) is 9.59 Å². The fourth-order valence-electron chi connectivity index (χ4n) is 3.77. The predicted octanol–water partition coefficient (Wildman–Crippen LogP) is 1.70. The number of aromatic nitrogens is 1. The molecule has 0 spiro atoms. The Morgan fingerprint density at radius 2 is 1.71 bits per heavy atom. The van der Waals surface area contributed by atoms with Crippen LogP contribution in [0.5, 0.6) is 0 Å². The van der Waals surface area contributed by atoms with E-state index in [2.05, 4.69) is 14.8 Å². The van der Waals surface area contributed by atoms with Crippen molar-refractivity contribution in [1.29, 1.82) is 0 Å². The number of aromatic amines is 1. The van der Waals surface area contributed by atoms with Gasteiger partial charge in [-0.3, -0.25) is 9.59 Å². The summed E-state index contributed by atoms with van der Waals surface area (Å²) in [6.07, 6.45) is 4.54. The van der Waals surface area contributed by atoms with Gasteiger partial charge in [0.1, 0.15) is 11.7 Å². The normalized spacial score (nSPS) is 21.7. The lowest BCUT2D eigenvalue weighted by atomic mass is 9.90. The van der Waals surface area contributed by atoms with Crippen molar-refractivity contribution in [2.75, 3.05) is 31.1 Å². The van der Waals surface area contributed by atoms with E-state index in [-0.39, 0.29) is 11.3 Å². The number of hydrogen-bond acceptors (Lipinski definition) is 5. The number of rotatable bonds is 1. The number of piperazine rings is 1. The summed E-state index contributed by atoms with van der Waals surface area (Å²) in [6.45, 7) is 3.29. The first-order chi connectivity index (χ1) is 11.7. The monoisotopic (exact) mass is 326 g/mol. The number of carbonyl (C=O) groups is 1. The zero-order chi connectivity index (χ0) is 16.5. The van der Waals surface area contributed by atoms with E-state index in [1.807, 2.05) is 6.07 Å². The number of ketones is 1. The number of anilines is 1. The molecule has 4 rings (SSSR count). The standard InChI is InChI=1S/C18H22N4O2/c23-15-12-17(19-14-5-2-1-4-13(14)15)22-10-8-21(9-11-22)16-6-3-7-18(24)20-16/h3,6-7H,1-2,4-5,8-12H2,(H,20,24). The van der Waals surface area contributed by atoms with Crippen molar-refractivity contribution < 1.29 is 4.79 Å². The smallest absolute Gasteiger partial charge is 0.249 e. The van der Waals surface area contributed by atoms with Crippen LogP contribution < -0.4 is 10.5 Å². The Morgan fingerprint density at radius 3 is 2.50 bits per heavy atom. The topological polar surface area (TPSA) is 68.8 Å². The van der Waals surface area contributed by atoms with Crippen LogP contribution in [0.2, 0.25) is 0 Å². The minimum absolute atomic E-state index is 0.0750. The molecule has 2 aliphatic heterocycles. The molecule has 0 amide bonds. The SMILES string of the molecule is O=C1CC(N2CCN(c3cccc(=O)[nH]3)CC2)=NC2=C1CCCC2. The van der Waals surface area contributed by atoms with Crippen LogP contribution in [-0.2, 0) is 4.79 Å². The molecule has 6 heteroatoms. The third kappa shape index (κ3) is 2.88. The van der Waals surface area contributed by atoms with Crippen LogP contribution in [0.3, 0.4) is 0 Å². The van der Waals surface area contributed by atoms with Gasteiger partial charge in [-0.05, 0) is 31.7 Å². The maximum Gasteiger partial charge on any atom is 0.249 e. The molecule has 6 nitrogen and oxygen atoms in total. The third-order valence-electron chi connectivity index (χ3n) is 5.10. The lowest BCUT2D eigenvalue weighted by Crippen LogP contribution is -2.50. The molecule has 1 saturated heterocycles. The van der Waals surface area contributed by atoms with Crippen molar-refractivity contribution in [3.05, 3.63) is 39.8 Å². The molecule has 0 radical (unpaired) electrons. The summed E-state index contributed by atoms with van der Waals surface area (Å²) in [5, 5.41) is 0. The maximum absolute atomic E-state index is 12.4. The molecule has 3 aliphatic rings. The Balaban J connectivity index is 1.46. The molecule has 0 atom stereocenters. The Bertz CT molecular complexity index is 769. The van der Waals surface area contributed by atoms with Gasteiger partial charge in [0.25, 0.3) is 0 Å². The van der Waals surface area contributed by atoms with E-state index in [0.29, 0.717) is 6.42 Å². The second kappa shape index (κ2) is 6.26. The van der Waals surface area contributed by atoms with Crippen molar-refractivity contribution in [1.82, 2.24) is 9.88 Å². The maximum atomic E-state index is 12.4. The number of pyridine rings is 1. The minimum Gasteiger partial charge on any atom is -0.356 e. The van der Waals surface area contributed by atoms with E-state index >= 15 is 0 Å². The van der Waals surface area contributed by atoms with Gasteiger partial charge < -0.3 is 14.8 Å².